The number of aliphatic carboxylic acids is 1. The zero-order valence-corrected chi connectivity index (χ0v) is 23.7. The van der Waals surface area contributed by atoms with Crippen LogP contribution in [0, 0.1) is 5.41 Å². The number of amides is 1. The van der Waals surface area contributed by atoms with Crippen molar-refractivity contribution >= 4 is 68.2 Å². The maximum absolute atomic E-state index is 13.0. The van der Waals surface area contributed by atoms with Gasteiger partial charge in [-0.2, -0.15) is 0 Å². The number of carboxylic acid groups (broad SMARTS) is 1. The first kappa shape index (κ1) is 27.5. The first-order valence-electron chi connectivity index (χ1n) is 12.4. The van der Waals surface area contributed by atoms with Crippen LogP contribution < -0.4 is 5.32 Å². The summed E-state index contributed by atoms with van der Waals surface area (Å²) in [6.45, 7) is 0. The fraction of sp³-hybridized carbons (Fsp3) is 0.333. The molecule has 2 atom stereocenters. The number of nitrogens with zero attached hydrogens (tertiary/aromatic N) is 4. The Hall–Kier alpha value is -3.08. The molecule has 1 aromatic carbocycles. The van der Waals surface area contributed by atoms with E-state index in [9.17, 15) is 19.5 Å². The second kappa shape index (κ2) is 10.8. The molecule has 202 valence electrons. The number of alkyl halides is 1. The normalized spacial score (nSPS) is 20.8. The highest BCUT2D eigenvalue weighted by Crippen LogP contribution is 2.50. The van der Waals surface area contributed by atoms with Crippen molar-refractivity contribution < 1.29 is 19.5 Å². The first-order valence-corrected chi connectivity index (χ1v) is 14.0. The van der Waals surface area contributed by atoms with E-state index < -0.39 is 27.8 Å². The summed E-state index contributed by atoms with van der Waals surface area (Å²) < 4.78 is 1.46. The van der Waals surface area contributed by atoms with Gasteiger partial charge in [0.15, 0.2) is 5.78 Å². The molecule has 0 saturated heterocycles. The monoisotopic (exact) mass is 631 g/mol. The van der Waals surface area contributed by atoms with Crippen molar-refractivity contribution in [3.8, 4) is 0 Å². The van der Waals surface area contributed by atoms with E-state index in [1.165, 1.54) is 29.5 Å². The minimum Gasteiger partial charge on any atom is -0.478 e. The molecule has 9 nitrogen and oxygen atoms in total. The average Bonchev–Trinajstić information content (AvgIpc) is 3.47. The molecule has 1 spiro atoms. The molecule has 0 radical (unpaired) electrons. The summed E-state index contributed by atoms with van der Waals surface area (Å²) >= 11 is 15.6. The molecule has 2 fully saturated rings. The fourth-order valence-corrected chi connectivity index (χ4v) is 6.91. The Morgan fingerprint density at radius 2 is 1.79 bits per heavy atom. The zero-order chi connectivity index (χ0) is 27.8. The van der Waals surface area contributed by atoms with Crippen molar-refractivity contribution in [3.63, 3.8) is 0 Å². The minimum atomic E-state index is -1.76. The third-order valence-electron chi connectivity index (χ3n) is 7.46. The number of Topliss-reactive ketones (excluding diaryl/α,β-unsaturated/α-hetero) is 1. The Morgan fingerprint density at radius 3 is 2.38 bits per heavy atom. The van der Waals surface area contributed by atoms with E-state index in [1.807, 2.05) is 0 Å². The van der Waals surface area contributed by atoms with Crippen LogP contribution in [0.15, 0.2) is 60.4 Å². The molecule has 3 aromatic rings. The fourth-order valence-electron chi connectivity index (χ4n) is 5.39. The topological polar surface area (TPSA) is 127 Å². The highest BCUT2D eigenvalue weighted by atomic mass is 79.9. The van der Waals surface area contributed by atoms with Crippen LogP contribution in [0.1, 0.15) is 48.0 Å². The molecule has 0 bridgehead atoms. The number of carbonyl (C=O) groups excluding carboxylic acids is 2. The number of rotatable bonds is 7. The van der Waals surface area contributed by atoms with E-state index in [0.717, 1.165) is 19.3 Å². The molecular weight excluding hydrogens is 609 g/mol. The van der Waals surface area contributed by atoms with Gasteiger partial charge in [0.25, 0.3) is 5.91 Å². The van der Waals surface area contributed by atoms with Crippen molar-refractivity contribution in [2.24, 2.45) is 10.4 Å². The molecule has 2 saturated carbocycles. The summed E-state index contributed by atoms with van der Waals surface area (Å²) in [5.41, 5.74) is -0.660. The number of carbonyl (C=O) groups is 3. The maximum atomic E-state index is 13.0. The van der Waals surface area contributed by atoms with Crippen LogP contribution >= 0.6 is 39.1 Å². The van der Waals surface area contributed by atoms with Crippen LogP contribution in [0.25, 0.3) is 0 Å². The number of benzene rings is 1. The number of aromatic nitrogens is 3. The lowest BCUT2D eigenvalue weighted by molar-refractivity contribution is -0.147. The molecule has 39 heavy (non-hydrogen) atoms. The van der Waals surface area contributed by atoms with E-state index in [1.54, 1.807) is 30.5 Å². The molecule has 2 aromatic heterocycles. The summed E-state index contributed by atoms with van der Waals surface area (Å²) in [5.74, 6) is -1.60. The van der Waals surface area contributed by atoms with Gasteiger partial charge in [0, 0.05) is 36.9 Å². The number of carboxylic acids is 1. The van der Waals surface area contributed by atoms with Crippen LogP contribution in [0.5, 0.6) is 0 Å². The lowest BCUT2D eigenvalue weighted by Gasteiger charge is -2.48. The van der Waals surface area contributed by atoms with E-state index in [-0.39, 0.29) is 27.8 Å². The van der Waals surface area contributed by atoms with Crippen molar-refractivity contribution in [2.45, 2.75) is 49.0 Å². The minimum absolute atomic E-state index is 0.0115. The molecule has 12 heteroatoms. The largest absolute Gasteiger partial charge is 0.478 e. The van der Waals surface area contributed by atoms with Gasteiger partial charge in [-0.25, -0.2) is 9.78 Å². The first-order chi connectivity index (χ1) is 18.7. The van der Waals surface area contributed by atoms with Crippen molar-refractivity contribution in [3.05, 3.63) is 76.6 Å². The van der Waals surface area contributed by atoms with Crippen LogP contribution in [-0.4, -0.2) is 47.8 Å². The molecular formula is C27H24BrCl2N5O4. The number of ketones is 1. The van der Waals surface area contributed by atoms with Gasteiger partial charge < -0.3 is 15.0 Å². The molecule has 0 aliphatic heterocycles. The number of pyridine rings is 1. The lowest BCUT2D eigenvalue weighted by atomic mass is 9.58. The standard InChI is InChI=1S/C27H24BrCl2N5O4/c28-21-22(26(23(21)36)8-2-1-3-9-26)34-27(25(38)39,35-11-10-31-15-35)12-16-4-6-17(7-5-16)33-24(37)20-18(29)13-32-14-19(20)30/h4-7,10-11,13-15,21H,1-3,8-9,12H2,(H,33,37)(H,38,39)/t21?,27-/m1/s1. The van der Waals surface area contributed by atoms with Gasteiger partial charge >= 0.3 is 5.97 Å². The second-order valence-electron chi connectivity index (χ2n) is 9.76. The van der Waals surface area contributed by atoms with E-state index in [4.69, 9.17) is 28.2 Å². The molecule has 5 rings (SSSR count). The van der Waals surface area contributed by atoms with Crippen LogP contribution in [0.4, 0.5) is 5.69 Å². The third kappa shape index (κ3) is 4.90. The van der Waals surface area contributed by atoms with Gasteiger partial charge in [0.2, 0.25) is 5.66 Å². The van der Waals surface area contributed by atoms with Gasteiger partial charge in [-0.15, -0.1) is 0 Å². The van der Waals surface area contributed by atoms with E-state index in [0.29, 0.717) is 29.8 Å². The zero-order valence-electron chi connectivity index (χ0n) is 20.6. The van der Waals surface area contributed by atoms with Gasteiger partial charge in [-0.1, -0.05) is 70.5 Å². The number of halogens is 3. The SMILES string of the molecule is O=C(Nc1ccc(C[C@](N=C2C(Br)C(=O)C23CCCCC3)(C(=O)O)n2ccnc2)cc1)c1c(Cl)cncc1Cl. The highest BCUT2D eigenvalue weighted by molar-refractivity contribution is 9.10. The van der Waals surface area contributed by atoms with Crippen molar-refractivity contribution in [1.82, 2.24) is 14.5 Å². The van der Waals surface area contributed by atoms with E-state index >= 15 is 0 Å². The van der Waals surface area contributed by atoms with Crippen molar-refractivity contribution in [2.75, 3.05) is 5.32 Å². The Bertz CT molecular complexity index is 1440. The van der Waals surface area contributed by atoms with Gasteiger partial charge in [-0.05, 0) is 30.5 Å². The number of anilines is 1. The lowest BCUT2D eigenvalue weighted by Crippen LogP contribution is -2.62. The summed E-state index contributed by atoms with van der Waals surface area (Å²) in [6.07, 6.45) is 11.3. The molecule has 2 aliphatic carbocycles. The molecule has 1 unspecified atom stereocenters. The summed E-state index contributed by atoms with van der Waals surface area (Å²) in [4.78, 5) is 50.8. The molecule has 2 heterocycles. The predicted octanol–water partition coefficient (Wildman–Crippen LogP) is 5.56. The number of nitrogens with one attached hydrogen (secondary N) is 1. The molecule has 2 aliphatic rings. The highest BCUT2D eigenvalue weighted by Gasteiger charge is 2.60. The van der Waals surface area contributed by atoms with Gasteiger partial charge in [-0.3, -0.25) is 19.6 Å². The Kier molecular flexibility index (Phi) is 7.63. The Morgan fingerprint density at radius 1 is 1.13 bits per heavy atom. The van der Waals surface area contributed by atoms with Crippen LogP contribution in [-0.2, 0) is 21.7 Å². The average molecular weight is 633 g/mol. The molecule has 1 amide bonds. The summed E-state index contributed by atoms with van der Waals surface area (Å²) in [6, 6.07) is 6.75. The van der Waals surface area contributed by atoms with Crippen LogP contribution in [0.2, 0.25) is 10.0 Å². The number of hydrogen-bond acceptors (Lipinski definition) is 6. The number of hydrogen-bond donors (Lipinski definition) is 2. The molecule has 2 N–H and O–H groups in total. The number of aliphatic imine (C=N–C) groups is 1. The summed E-state index contributed by atoms with van der Waals surface area (Å²) in [5, 5.41) is 13.6. The smallest absolute Gasteiger partial charge is 0.353 e. The third-order valence-corrected chi connectivity index (χ3v) is 8.88. The van der Waals surface area contributed by atoms with Crippen molar-refractivity contribution in [1.29, 1.82) is 0 Å². The number of imidazole rings is 1. The summed E-state index contributed by atoms with van der Waals surface area (Å²) in [7, 11) is 0. The van der Waals surface area contributed by atoms with Gasteiger partial charge in [0.05, 0.1) is 33.1 Å². The maximum Gasteiger partial charge on any atom is 0.353 e. The Labute approximate surface area is 242 Å². The predicted molar refractivity (Wildman–Crippen MR) is 151 cm³/mol. The van der Waals surface area contributed by atoms with Gasteiger partial charge in [0.1, 0.15) is 4.83 Å². The van der Waals surface area contributed by atoms with E-state index in [2.05, 4.69) is 31.2 Å². The quantitative estimate of drug-likeness (QED) is 0.329. The second-order valence-corrected chi connectivity index (χ2v) is 11.5. The Balaban J connectivity index is 1.46. The van der Waals surface area contributed by atoms with Crippen LogP contribution in [0.3, 0.4) is 0 Å².